The number of fused-ring (bicyclic) bond motifs is 1. The largest absolute Gasteiger partial charge is 0.375 e. The number of rotatable bonds is 7. The molecule has 2 aliphatic rings. The van der Waals surface area contributed by atoms with Crippen LogP contribution >= 0.6 is 0 Å². The zero-order valence-electron chi connectivity index (χ0n) is 21.4. The van der Waals surface area contributed by atoms with Crippen molar-refractivity contribution in [3.8, 4) is 5.88 Å². The van der Waals surface area contributed by atoms with Crippen molar-refractivity contribution in [2.24, 2.45) is 5.16 Å². The summed E-state index contributed by atoms with van der Waals surface area (Å²) >= 11 is 0. The van der Waals surface area contributed by atoms with Gasteiger partial charge >= 0.3 is 11.6 Å². The van der Waals surface area contributed by atoms with Gasteiger partial charge in [-0.05, 0) is 68.2 Å². The average molecular weight is 506 g/mol. The molecule has 3 heterocycles. The van der Waals surface area contributed by atoms with E-state index in [-0.39, 0.29) is 29.2 Å². The molecular weight excluding hydrogens is 474 g/mol. The third kappa shape index (κ3) is 5.30. The van der Waals surface area contributed by atoms with Crippen LogP contribution in [0.5, 0.6) is 5.88 Å². The van der Waals surface area contributed by atoms with Crippen LogP contribution < -0.4 is 9.74 Å². The molecule has 37 heavy (non-hydrogen) atoms. The van der Waals surface area contributed by atoms with Gasteiger partial charge in [0.25, 0.3) is 0 Å². The summed E-state index contributed by atoms with van der Waals surface area (Å²) in [5.74, 6) is 1.67. The van der Waals surface area contributed by atoms with E-state index in [1.165, 1.54) is 30.3 Å². The summed E-state index contributed by atoms with van der Waals surface area (Å²) in [5, 5.41) is 20.3. The van der Waals surface area contributed by atoms with E-state index in [1.54, 1.807) is 0 Å². The van der Waals surface area contributed by atoms with Gasteiger partial charge in [0.05, 0.1) is 10.6 Å². The topological polar surface area (TPSA) is 133 Å². The highest BCUT2D eigenvalue weighted by molar-refractivity contribution is 5.98. The molecule has 3 aromatic rings. The van der Waals surface area contributed by atoms with Crippen LogP contribution in [0.25, 0.3) is 0 Å². The van der Waals surface area contributed by atoms with Crippen LogP contribution in [0.2, 0.25) is 0 Å². The summed E-state index contributed by atoms with van der Waals surface area (Å²) in [4.78, 5) is 31.7. The van der Waals surface area contributed by atoms with E-state index >= 15 is 0 Å². The molecule has 1 aromatic carbocycles. The number of piperidine rings is 1. The Balaban J connectivity index is 1.31. The van der Waals surface area contributed by atoms with E-state index < -0.39 is 4.92 Å². The normalized spacial score (nSPS) is 16.6. The van der Waals surface area contributed by atoms with Gasteiger partial charge in [0.1, 0.15) is 6.33 Å². The van der Waals surface area contributed by atoms with E-state index in [2.05, 4.69) is 37.4 Å². The maximum absolute atomic E-state index is 12.0. The van der Waals surface area contributed by atoms with Gasteiger partial charge < -0.3 is 14.3 Å². The first-order valence-electron chi connectivity index (χ1n) is 12.8. The number of anilines is 1. The van der Waals surface area contributed by atoms with Crippen LogP contribution in [0.1, 0.15) is 86.7 Å². The smallest absolute Gasteiger partial charge is 0.351 e. The second kappa shape index (κ2) is 10.6. The minimum Gasteiger partial charge on any atom is -0.351 e. The van der Waals surface area contributed by atoms with Crippen molar-refractivity contribution in [2.75, 3.05) is 18.0 Å². The fraction of sp³-hybridized carbons (Fsp3) is 0.500. The van der Waals surface area contributed by atoms with Gasteiger partial charge in [-0.15, -0.1) is 0 Å². The van der Waals surface area contributed by atoms with Crippen molar-refractivity contribution in [3.05, 3.63) is 63.0 Å². The van der Waals surface area contributed by atoms with Gasteiger partial charge in [-0.3, -0.25) is 10.1 Å². The number of hydrogen-bond donors (Lipinski definition) is 0. The summed E-state index contributed by atoms with van der Waals surface area (Å²) in [7, 11) is 0. The van der Waals surface area contributed by atoms with Gasteiger partial charge in [-0.25, -0.2) is 4.98 Å². The quantitative estimate of drug-likeness (QED) is 0.248. The van der Waals surface area contributed by atoms with Crippen LogP contribution in [0.4, 0.5) is 11.5 Å². The molecule has 11 nitrogen and oxygen atoms in total. The first-order valence-corrected chi connectivity index (χ1v) is 12.8. The number of hydrogen-bond acceptors (Lipinski definition) is 10. The summed E-state index contributed by atoms with van der Waals surface area (Å²) in [6.07, 6.45) is 7.27. The van der Waals surface area contributed by atoms with Crippen molar-refractivity contribution in [2.45, 2.75) is 71.1 Å². The molecule has 0 bridgehead atoms. The van der Waals surface area contributed by atoms with Crippen LogP contribution in [-0.4, -0.2) is 43.8 Å². The van der Waals surface area contributed by atoms with Crippen molar-refractivity contribution in [1.82, 2.24) is 20.1 Å². The minimum absolute atomic E-state index is 0.108. The Morgan fingerprint density at radius 3 is 2.65 bits per heavy atom. The molecular formula is C26H31N7O4. The zero-order valence-corrected chi connectivity index (χ0v) is 21.4. The average Bonchev–Trinajstić information content (AvgIpc) is 3.42. The minimum atomic E-state index is -0.507. The second-order valence-electron chi connectivity index (χ2n) is 9.97. The molecule has 0 saturated carbocycles. The van der Waals surface area contributed by atoms with Crippen LogP contribution in [0, 0.1) is 10.1 Å². The van der Waals surface area contributed by atoms with Crippen molar-refractivity contribution in [3.63, 3.8) is 0 Å². The lowest BCUT2D eigenvalue weighted by molar-refractivity contribution is -0.385. The number of nitro groups is 1. The van der Waals surface area contributed by atoms with Gasteiger partial charge in [0.2, 0.25) is 11.7 Å². The zero-order chi connectivity index (χ0) is 25.9. The highest BCUT2D eigenvalue weighted by Gasteiger charge is 2.33. The van der Waals surface area contributed by atoms with Crippen molar-refractivity contribution >= 4 is 17.2 Å². The predicted molar refractivity (Wildman–Crippen MR) is 137 cm³/mol. The molecule has 5 rings (SSSR count). The summed E-state index contributed by atoms with van der Waals surface area (Å²) in [6.45, 7) is 6.97. The number of benzene rings is 1. The molecule has 0 N–H and O–H groups in total. The summed E-state index contributed by atoms with van der Waals surface area (Å²) in [5.41, 5.74) is 3.98. The first-order chi connectivity index (χ1) is 17.9. The Kier molecular flexibility index (Phi) is 7.11. The van der Waals surface area contributed by atoms with E-state index in [0.29, 0.717) is 43.4 Å². The van der Waals surface area contributed by atoms with Gasteiger partial charge in [0.15, 0.2) is 5.82 Å². The maximum Gasteiger partial charge on any atom is 0.375 e. The van der Waals surface area contributed by atoms with Crippen LogP contribution in [0.3, 0.4) is 0 Å². The standard InChI is InChI=1S/C26H31N7O4/c1-16(2)23-29-25(36-31-23)19-10-12-32(13-11-19)24-22(33(34)35)26(28-15-27-24)37-30-17(3)20-9-8-18-6-4-5-7-21(18)14-20/h8-9,14-16,19H,4-7,10-13H2,1-3H3/b30-17-. The van der Waals surface area contributed by atoms with Gasteiger partial charge in [-0.2, -0.15) is 9.97 Å². The Labute approximate surface area is 215 Å². The summed E-state index contributed by atoms with van der Waals surface area (Å²) in [6, 6.07) is 6.29. The lowest BCUT2D eigenvalue weighted by atomic mass is 9.90. The van der Waals surface area contributed by atoms with E-state index in [1.807, 2.05) is 31.7 Å². The molecule has 0 amide bonds. The first kappa shape index (κ1) is 24.8. The van der Waals surface area contributed by atoms with E-state index in [9.17, 15) is 10.1 Å². The van der Waals surface area contributed by atoms with Crippen LogP contribution in [-0.2, 0) is 12.8 Å². The number of oxime groups is 1. The molecule has 2 aromatic heterocycles. The number of aromatic nitrogens is 4. The summed E-state index contributed by atoms with van der Waals surface area (Å²) < 4.78 is 5.46. The molecule has 0 unspecified atom stereocenters. The molecule has 0 radical (unpaired) electrons. The highest BCUT2D eigenvalue weighted by Crippen LogP contribution is 2.37. The molecule has 1 aliphatic heterocycles. The Morgan fingerprint density at radius 2 is 1.95 bits per heavy atom. The Morgan fingerprint density at radius 1 is 1.19 bits per heavy atom. The van der Waals surface area contributed by atoms with Crippen molar-refractivity contribution < 1.29 is 14.3 Å². The van der Waals surface area contributed by atoms with Crippen molar-refractivity contribution in [1.29, 1.82) is 0 Å². The highest BCUT2D eigenvalue weighted by atomic mass is 16.7. The molecule has 0 spiro atoms. The van der Waals surface area contributed by atoms with E-state index in [4.69, 9.17) is 9.36 Å². The Hall–Kier alpha value is -3.89. The molecule has 11 heteroatoms. The molecule has 194 valence electrons. The van der Waals surface area contributed by atoms with Gasteiger partial charge in [-0.1, -0.05) is 36.3 Å². The third-order valence-corrected chi connectivity index (χ3v) is 7.10. The monoisotopic (exact) mass is 505 g/mol. The third-order valence-electron chi connectivity index (χ3n) is 7.10. The van der Waals surface area contributed by atoms with Crippen LogP contribution in [0.15, 0.2) is 34.2 Å². The SMILES string of the molecule is C/C(=N/Oc1ncnc(N2CCC(c3nc(C(C)C)no3)CC2)c1[N+](=O)[O-])c1ccc2c(c1)CCCC2. The molecule has 1 fully saturated rings. The predicted octanol–water partition coefficient (Wildman–Crippen LogP) is 4.96. The molecule has 0 atom stereocenters. The fourth-order valence-electron chi connectivity index (χ4n) is 4.92. The maximum atomic E-state index is 12.0. The number of aryl methyl sites for hydroxylation is 2. The number of nitrogens with zero attached hydrogens (tertiary/aromatic N) is 7. The molecule has 1 aliphatic carbocycles. The Bertz CT molecular complexity index is 1310. The molecule has 1 saturated heterocycles. The van der Waals surface area contributed by atoms with Gasteiger partial charge in [0, 0.05) is 24.9 Å². The lowest BCUT2D eigenvalue weighted by Gasteiger charge is -2.30. The fourth-order valence-corrected chi connectivity index (χ4v) is 4.92. The van der Waals surface area contributed by atoms with E-state index in [0.717, 1.165) is 18.4 Å². The lowest BCUT2D eigenvalue weighted by Crippen LogP contribution is -2.34. The second-order valence-corrected chi connectivity index (χ2v) is 9.97.